The largest absolute Gasteiger partial charge is 0.490 e. The molecule has 1 heterocycles. The molecule has 0 bridgehead atoms. The fraction of sp³-hybridized carbons (Fsp3) is 0.794. The van der Waals surface area contributed by atoms with Crippen LogP contribution < -0.4 is 9.47 Å². The van der Waals surface area contributed by atoms with Gasteiger partial charge in [-0.1, -0.05) is 129 Å². The molecule has 0 N–H and O–H groups in total. The van der Waals surface area contributed by atoms with E-state index in [0.29, 0.717) is 0 Å². The molecule has 218 valence electrons. The van der Waals surface area contributed by atoms with Crippen LogP contribution in [0.1, 0.15) is 148 Å². The highest BCUT2D eigenvalue weighted by molar-refractivity contribution is 5.91. The summed E-state index contributed by atoms with van der Waals surface area (Å²) < 4.78 is 20.5. The van der Waals surface area contributed by atoms with Crippen molar-refractivity contribution in [2.45, 2.75) is 142 Å². The van der Waals surface area contributed by atoms with E-state index in [9.17, 15) is 0 Å². The van der Waals surface area contributed by atoms with E-state index in [-0.39, 0.29) is 0 Å². The van der Waals surface area contributed by atoms with Gasteiger partial charge in [0.15, 0.2) is 24.7 Å². The minimum Gasteiger partial charge on any atom is -0.490 e. The summed E-state index contributed by atoms with van der Waals surface area (Å²) in [5.74, 6) is 2.68. The van der Waals surface area contributed by atoms with Crippen molar-refractivity contribution in [3.63, 3.8) is 0 Å². The maximum absolute atomic E-state index is 6.28. The summed E-state index contributed by atoms with van der Waals surface area (Å²) in [7, 11) is 2.09. The molecule has 0 atom stereocenters. The van der Waals surface area contributed by atoms with Crippen molar-refractivity contribution in [2.24, 2.45) is 0 Å². The highest BCUT2D eigenvalue weighted by Gasteiger charge is 2.24. The second-order valence-corrected chi connectivity index (χ2v) is 11.3. The van der Waals surface area contributed by atoms with Gasteiger partial charge in [0.05, 0.1) is 18.8 Å². The number of hydrogen-bond donors (Lipinski definition) is 0. The van der Waals surface area contributed by atoms with Crippen LogP contribution in [0.5, 0.6) is 11.5 Å². The summed E-state index contributed by atoms with van der Waals surface area (Å²) in [6.07, 6.45) is 26.7. The SMILES string of the molecule is CCCCCCCCCCCCOc1ccc(C2=[N+](C)CCO2)cc1OCCCCCCCCCCCC. The molecule has 0 saturated heterocycles. The first-order valence-electron chi connectivity index (χ1n) is 16.4. The van der Waals surface area contributed by atoms with Crippen LogP contribution in [-0.2, 0) is 4.74 Å². The zero-order chi connectivity index (χ0) is 27.1. The summed E-state index contributed by atoms with van der Waals surface area (Å²) in [4.78, 5) is 0. The third kappa shape index (κ3) is 14.4. The summed E-state index contributed by atoms with van der Waals surface area (Å²) >= 11 is 0. The van der Waals surface area contributed by atoms with E-state index in [1.165, 1.54) is 116 Å². The zero-order valence-electron chi connectivity index (χ0n) is 25.4. The Morgan fingerprint density at radius 3 is 1.50 bits per heavy atom. The minimum absolute atomic E-state index is 0.748. The summed E-state index contributed by atoms with van der Waals surface area (Å²) in [5, 5.41) is 0. The fourth-order valence-electron chi connectivity index (χ4n) is 5.21. The topological polar surface area (TPSA) is 30.7 Å². The van der Waals surface area contributed by atoms with E-state index in [0.717, 1.165) is 62.2 Å². The highest BCUT2D eigenvalue weighted by atomic mass is 16.5. The Kier molecular flexibility index (Phi) is 18.9. The first kappa shape index (κ1) is 32.5. The highest BCUT2D eigenvalue weighted by Crippen LogP contribution is 2.30. The summed E-state index contributed by atoms with van der Waals surface area (Å²) in [6.45, 7) is 7.76. The number of ether oxygens (including phenoxy) is 3. The molecule has 1 aliphatic rings. The van der Waals surface area contributed by atoms with Crippen molar-refractivity contribution in [2.75, 3.05) is 33.4 Å². The van der Waals surface area contributed by atoms with Gasteiger partial charge in [-0.15, -0.1) is 0 Å². The smallest absolute Gasteiger partial charge is 0.370 e. The monoisotopic (exact) mass is 530 g/mol. The normalized spacial score (nSPS) is 13.2. The Morgan fingerprint density at radius 2 is 1.05 bits per heavy atom. The molecule has 4 nitrogen and oxygen atoms in total. The van der Waals surface area contributed by atoms with Gasteiger partial charge in [0.2, 0.25) is 0 Å². The fourth-order valence-corrected chi connectivity index (χ4v) is 5.21. The lowest BCUT2D eigenvalue weighted by molar-refractivity contribution is -0.486. The molecule has 1 aromatic carbocycles. The van der Waals surface area contributed by atoms with Crippen molar-refractivity contribution in [3.05, 3.63) is 23.8 Å². The number of benzene rings is 1. The lowest BCUT2D eigenvalue weighted by Crippen LogP contribution is -2.12. The molecule has 0 radical (unpaired) electrons. The van der Waals surface area contributed by atoms with Gasteiger partial charge < -0.3 is 14.2 Å². The van der Waals surface area contributed by atoms with Crippen LogP contribution in [0.4, 0.5) is 0 Å². The molecule has 2 rings (SSSR count). The Bertz CT molecular complexity index is 745. The molecule has 0 aromatic heterocycles. The molecule has 4 heteroatoms. The first-order chi connectivity index (χ1) is 18.8. The first-order valence-corrected chi connectivity index (χ1v) is 16.4. The molecule has 38 heavy (non-hydrogen) atoms. The Hall–Kier alpha value is -1.71. The van der Waals surface area contributed by atoms with Crippen LogP contribution in [0, 0.1) is 0 Å². The second-order valence-electron chi connectivity index (χ2n) is 11.3. The maximum Gasteiger partial charge on any atom is 0.370 e. The number of hydrogen-bond acceptors (Lipinski definition) is 3. The number of rotatable bonds is 25. The van der Waals surface area contributed by atoms with Gasteiger partial charge in [-0.25, -0.2) is 0 Å². The lowest BCUT2D eigenvalue weighted by Gasteiger charge is -2.14. The second kappa shape index (κ2) is 22.1. The maximum atomic E-state index is 6.28. The Labute approximate surface area is 235 Å². The molecule has 0 aliphatic carbocycles. The van der Waals surface area contributed by atoms with Gasteiger partial charge in [-0.3, -0.25) is 0 Å². The van der Waals surface area contributed by atoms with Crippen LogP contribution in [0.2, 0.25) is 0 Å². The lowest BCUT2D eigenvalue weighted by atomic mass is 10.1. The summed E-state index contributed by atoms with van der Waals surface area (Å²) in [6, 6.07) is 6.29. The zero-order valence-corrected chi connectivity index (χ0v) is 25.4. The van der Waals surface area contributed by atoms with Gasteiger partial charge >= 0.3 is 5.90 Å². The van der Waals surface area contributed by atoms with Gasteiger partial charge in [0.1, 0.15) is 7.05 Å². The third-order valence-corrected chi connectivity index (χ3v) is 7.71. The van der Waals surface area contributed by atoms with Gasteiger partial charge in [-0.05, 0) is 25.0 Å². The predicted molar refractivity (Wildman–Crippen MR) is 162 cm³/mol. The quantitative estimate of drug-likeness (QED) is 0.0931. The molecule has 1 aromatic rings. The van der Waals surface area contributed by atoms with E-state index in [2.05, 4.69) is 43.7 Å². The molecular formula is C34H60NO3+. The van der Waals surface area contributed by atoms with Crippen LogP contribution >= 0.6 is 0 Å². The molecule has 1 aliphatic heterocycles. The van der Waals surface area contributed by atoms with Crippen LogP contribution in [0.25, 0.3) is 0 Å². The number of unbranched alkanes of at least 4 members (excludes halogenated alkanes) is 18. The molecule has 0 amide bonds. The minimum atomic E-state index is 0.748. The average molecular weight is 531 g/mol. The standard InChI is InChI=1S/C34H60NO3/c1-4-6-8-10-12-14-16-18-20-22-27-36-32-25-24-31(34-35(3)26-29-38-34)30-33(32)37-28-23-21-19-17-15-13-11-9-7-5-2/h24-25,30H,4-23,26-29H2,1-3H3/q+1. The summed E-state index contributed by atoms with van der Waals surface area (Å²) in [5.41, 5.74) is 1.08. The van der Waals surface area contributed by atoms with Gasteiger partial charge in [0.25, 0.3) is 0 Å². The van der Waals surface area contributed by atoms with Crippen molar-refractivity contribution in [3.8, 4) is 11.5 Å². The van der Waals surface area contributed by atoms with E-state index in [1.807, 2.05) is 0 Å². The molecule has 0 spiro atoms. The Balaban J connectivity index is 1.69. The van der Waals surface area contributed by atoms with E-state index >= 15 is 0 Å². The third-order valence-electron chi connectivity index (χ3n) is 7.71. The van der Waals surface area contributed by atoms with Crippen LogP contribution in [0.15, 0.2) is 18.2 Å². The van der Waals surface area contributed by atoms with Crippen LogP contribution in [0.3, 0.4) is 0 Å². The number of likely N-dealkylation sites (N-methyl/N-ethyl adjacent to an activating group) is 1. The Morgan fingerprint density at radius 1 is 0.605 bits per heavy atom. The van der Waals surface area contributed by atoms with E-state index in [1.54, 1.807) is 0 Å². The molecular weight excluding hydrogens is 470 g/mol. The average Bonchev–Trinajstić information content (AvgIpc) is 3.36. The van der Waals surface area contributed by atoms with Gasteiger partial charge in [-0.2, -0.15) is 4.58 Å². The number of nitrogens with zero attached hydrogens (tertiary/aromatic N) is 1. The molecule has 0 fully saturated rings. The predicted octanol–water partition coefficient (Wildman–Crippen LogP) is 9.71. The van der Waals surface area contributed by atoms with Crippen molar-refractivity contribution < 1.29 is 18.8 Å². The molecule has 0 saturated carbocycles. The van der Waals surface area contributed by atoms with Crippen molar-refractivity contribution in [1.29, 1.82) is 0 Å². The van der Waals surface area contributed by atoms with Gasteiger partial charge in [0, 0.05) is 6.07 Å². The van der Waals surface area contributed by atoms with Crippen LogP contribution in [-0.4, -0.2) is 43.9 Å². The molecule has 0 unspecified atom stereocenters. The van der Waals surface area contributed by atoms with Crippen molar-refractivity contribution in [1.82, 2.24) is 0 Å². The van der Waals surface area contributed by atoms with E-state index in [4.69, 9.17) is 14.2 Å². The van der Waals surface area contributed by atoms with Crippen molar-refractivity contribution >= 4 is 5.90 Å². The van der Waals surface area contributed by atoms with E-state index < -0.39 is 0 Å².